The minimum atomic E-state index is -0.485. The summed E-state index contributed by atoms with van der Waals surface area (Å²) in [5, 5.41) is 11.8. The zero-order valence-electron chi connectivity index (χ0n) is 17.3. The van der Waals surface area contributed by atoms with Gasteiger partial charge in [-0.2, -0.15) is 0 Å². The minimum absolute atomic E-state index is 0.163. The van der Waals surface area contributed by atoms with Crippen molar-refractivity contribution in [2.45, 2.75) is 64.7 Å². The van der Waals surface area contributed by atoms with Crippen molar-refractivity contribution in [2.24, 2.45) is 0 Å². The zero-order valence-corrected chi connectivity index (χ0v) is 18.2. The predicted octanol–water partition coefficient (Wildman–Crippen LogP) is 2.75. The Bertz CT molecular complexity index is 635. The van der Waals surface area contributed by atoms with Crippen molar-refractivity contribution in [2.75, 3.05) is 13.1 Å². The predicted molar refractivity (Wildman–Crippen MR) is 120 cm³/mol. The van der Waals surface area contributed by atoms with Crippen LogP contribution in [-0.2, 0) is 29.2 Å². The lowest BCUT2D eigenvalue weighted by Gasteiger charge is -2.09. The number of hydrogen-bond donors (Lipinski definition) is 4. The molecule has 1 aromatic rings. The SMILES string of the molecule is C1=CCCC=C1.C1CCNCC1.CC(NC=O)C(=O)NCc1cc2c(s1)CNC2. The third-order valence-electron chi connectivity index (χ3n) is 4.79. The molecular weight excluding hydrogens is 384 g/mol. The van der Waals surface area contributed by atoms with Gasteiger partial charge in [-0.25, -0.2) is 0 Å². The smallest absolute Gasteiger partial charge is 0.242 e. The number of thiophene rings is 1. The summed E-state index contributed by atoms with van der Waals surface area (Å²) < 4.78 is 0. The van der Waals surface area contributed by atoms with Crippen molar-refractivity contribution in [1.29, 1.82) is 0 Å². The van der Waals surface area contributed by atoms with Crippen LogP contribution in [0.5, 0.6) is 0 Å². The zero-order chi connectivity index (χ0) is 20.7. The molecule has 6 nitrogen and oxygen atoms in total. The maximum Gasteiger partial charge on any atom is 0.242 e. The standard InChI is InChI=1S/C11H15N3O2S.C6H8.C5H11N/c1-7(14-6-15)11(16)13-4-9-2-8-3-12-5-10(8)17-9;2*1-2-4-6-5-3-1/h2,6-7,12H,3-5H2,1H3,(H,13,16)(H,14,15);1-4H,5-6H2;6H,1-5H2. The molecule has 1 saturated heterocycles. The molecule has 1 aromatic heterocycles. The van der Waals surface area contributed by atoms with Crippen LogP contribution in [0.25, 0.3) is 0 Å². The summed E-state index contributed by atoms with van der Waals surface area (Å²) in [5.41, 5.74) is 1.33. The first-order valence-corrected chi connectivity index (χ1v) is 11.3. The van der Waals surface area contributed by atoms with E-state index >= 15 is 0 Å². The van der Waals surface area contributed by atoms with Gasteiger partial charge in [0.15, 0.2) is 0 Å². The highest BCUT2D eigenvalue weighted by atomic mass is 32.1. The fourth-order valence-corrected chi connectivity index (χ4v) is 4.17. The number of carbonyl (C=O) groups excluding carboxylic acids is 2. The van der Waals surface area contributed by atoms with E-state index in [1.54, 1.807) is 18.3 Å². The fourth-order valence-electron chi connectivity index (χ4n) is 3.07. The van der Waals surface area contributed by atoms with Crippen molar-refractivity contribution in [3.8, 4) is 0 Å². The summed E-state index contributed by atoms with van der Waals surface area (Å²) in [7, 11) is 0. The molecule has 1 unspecified atom stereocenters. The van der Waals surface area contributed by atoms with E-state index in [2.05, 4.69) is 51.6 Å². The Morgan fingerprint density at radius 3 is 2.34 bits per heavy atom. The molecule has 29 heavy (non-hydrogen) atoms. The number of nitrogens with one attached hydrogen (secondary N) is 4. The summed E-state index contributed by atoms with van der Waals surface area (Å²) in [5.74, 6) is -0.163. The van der Waals surface area contributed by atoms with E-state index in [0.717, 1.165) is 18.0 Å². The maximum absolute atomic E-state index is 11.5. The number of amides is 2. The van der Waals surface area contributed by atoms with Crippen LogP contribution < -0.4 is 21.3 Å². The van der Waals surface area contributed by atoms with Gasteiger partial charge in [0.1, 0.15) is 6.04 Å². The van der Waals surface area contributed by atoms with Crippen LogP contribution in [0.3, 0.4) is 0 Å². The fraction of sp³-hybridized carbons (Fsp3) is 0.545. The Morgan fingerprint density at radius 1 is 1.14 bits per heavy atom. The molecule has 0 bridgehead atoms. The lowest BCUT2D eigenvalue weighted by atomic mass is 10.2. The number of piperidine rings is 1. The number of fused-ring (bicyclic) bond motifs is 1. The summed E-state index contributed by atoms with van der Waals surface area (Å²) in [4.78, 5) is 24.2. The van der Waals surface area contributed by atoms with Crippen LogP contribution in [0.1, 0.15) is 54.3 Å². The Labute approximate surface area is 178 Å². The quantitative estimate of drug-likeness (QED) is 0.554. The molecule has 0 radical (unpaired) electrons. The monoisotopic (exact) mass is 418 g/mol. The highest BCUT2D eigenvalue weighted by Gasteiger charge is 2.15. The topological polar surface area (TPSA) is 82.3 Å². The van der Waals surface area contributed by atoms with Gasteiger partial charge >= 0.3 is 0 Å². The molecule has 3 aliphatic rings. The van der Waals surface area contributed by atoms with Gasteiger partial charge in [-0.05, 0) is 57.3 Å². The molecular formula is C22H34N4O2S. The van der Waals surface area contributed by atoms with Crippen molar-refractivity contribution in [3.05, 3.63) is 45.7 Å². The normalized spacial score (nSPS) is 17.7. The van der Waals surface area contributed by atoms with Gasteiger partial charge in [-0.3, -0.25) is 9.59 Å². The van der Waals surface area contributed by atoms with Crippen molar-refractivity contribution < 1.29 is 9.59 Å². The van der Waals surface area contributed by atoms with Gasteiger partial charge in [0.05, 0.1) is 6.54 Å². The first-order chi connectivity index (χ1) is 14.2. The van der Waals surface area contributed by atoms with E-state index in [4.69, 9.17) is 0 Å². The summed E-state index contributed by atoms with van der Waals surface area (Å²) in [6.07, 6.45) is 15.8. The Morgan fingerprint density at radius 2 is 1.86 bits per heavy atom. The average molecular weight is 419 g/mol. The van der Waals surface area contributed by atoms with Gasteiger partial charge in [0.2, 0.25) is 12.3 Å². The first-order valence-electron chi connectivity index (χ1n) is 10.5. The highest BCUT2D eigenvalue weighted by molar-refractivity contribution is 7.12. The second-order valence-corrected chi connectivity index (χ2v) is 8.45. The van der Waals surface area contributed by atoms with Gasteiger partial charge in [0, 0.05) is 22.8 Å². The molecule has 1 atom stereocenters. The van der Waals surface area contributed by atoms with E-state index in [1.807, 2.05) is 0 Å². The average Bonchev–Trinajstić information content (AvgIpc) is 3.37. The summed E-state index contributed by atoms with van der Waals surface area (Å²) >= 11 is 1.72. The number of allylic oxidation sites excluding steroid dienone is 4. The molecule has 0 aromatic carbocycles. The van der Waals surface area contributed by atoms with Crippen LogP contribution in [0, 0.1) is 0 Å². The second-order valence-electron chi connectivity index (χ2n) is 7.23. The molecule has 3 heterocycles. The Hall–Kier alpha value is -1.96. The Balaban J connectivity index is 0.000000202. The second kappa shape index (κ2) is 14.1. The van der Waals surface area contributed by atoms with Gasteiger partial charge < -0.3 is 21.3 Å². The molecule has 0 saturated carbocycles. The van der Waals surface area contributed by atoms with Crippen molar-refractivity contribution in [1.82, 2.24) is 21.3 Å². The van der Waals surface area contributed by atoms with Gasteiger partial charge in [-0.15, -0.1) is 11.3 Å². The van der Waals surface area contributed by atoms with Crippen LogP contribution in [0.4, 0.5) is 0 Å². The number of carbonyl (C=O) groups is 2. The van der Waals surface area contributed by atoms with Crippen LogP contribution in [0.2, 0.25) is 0 Å². The van der Waals surface area contributed by atoms with Crippen LogP contribution >= 0.6 is 11.3 Å². The van der Waals surface area contributed by atoms with E-state index in [1.165, 1.54) is 55.6 Å². The number of rotatable bonds is 5. The van der Waals surface area contributed by atoms with E-state index in [-0.39, 0.29) is 5.91 Å². The van der Waals surface area contributed by atoms with E-state index in [9.17, 15) is 9.59 Å². The lowest BCUT2D eigenvalue weighted by molar-refractivity contribution is -0.125. The highest BCUT2D eigenvalue weighted by Crippen LogP contribution is 2.26. The summed E-state index contributed by atoms with van der Waals surface area (Å²) in [6.45, 7) is 6.53. The Kier molecular flexibility index (Phi) is 11.3. The van der Waals surface area contributed by atoms with Crippen LogP contribution in [0.15, 0.2) is 30.4 Å². The largest absolute Gasteiger partial charge is 0.349 e. The molecule has 2 aliphatic heterocycles. The molecule has 4 rings (SSSR count). The molecule has 160 valence electrons. The molecule has 1 fully saturated rings. The van der Waals surface area contributed by atoms with Crippen molar-refractivity contribution in [3.63, 3.8) is 0 Å². The first kappa shape index (κ1) is 23.3. The molecule has 7 heteroatoms. The minimum Gasteiger partial charge on any atom is -0.349 e. The van der Waals surface area contributed by atoms with Gasteiger partial charge in [-0.1, -0.05) is 30.7 Å². The van der Waals surface area contributed by atoms with Gasteiger partial charge in [0.25, 0.3) is 0 Å². The molecule has 1 aliphatic carbocycles. The molecule has 0 spiro atoms. The summed E-state index contributed by atoms with van der Waals surface area (Å²) in [6, 6.07) is 1.64. The molecule has 2 amide bonds. The molecule has 4 N–H and O–H groups in total. The number of hydrogen-bond acceptors (Lipinski definition) is 5. The lowest BCUT2D eigenvalue weighted by Crippen LogP contribution is -2.41. The third-order valence-corrected chi connectivity index (χ3v) is 5.96. The maximum atomic E-state index is 11.5. The third kappa shape index (κ3) is 9.39. The van der Waals surface area contributed by atoms with Crippen LogP contribution in [-0.4, -0.2) is 31.4 Å². The van der Waals surface area contributed by atoms with Crippen molar-refractivity contribution >= 4 is 23.7 Å². The van der Waals surface area contributed by atoms with E-state index < -0.39 is 6.04 Å². The van der Waals surface area contributed by atoms with E-state index in [0.29, 0.717) is 13.0 Å².